The minimum absolute atomic E-state index is 0.203. The van der Waals surface area contributed by atoms with Gasteiger partial charge in [0.25, 0.3) is 15.9 Å². The van der Waals surface area contributed by atoms with Gasteiger partial charge in [0.2, 0.25) is 0 Å². The molecule has 0 atom stereocenters. The lowest BCUT2D eigenvalue weighted by molar-refractivity contribution is 0.0951. The summed E-state index contributed by atoms with van der Waals surface area (Å²) in [7, 11) is -3.44. The second kappa shape index (κ2) is 9.07. The maximum Gasteiger partial charge on any atom is 0.252 e. The van der Waals surface area contributed by atoms with E-state index in [1.54, 1.807) is 40.7 Å². The molecule has 2 heterocycles. The van der Waals surface area contributed by atoms with E-state index in [0.29, 0.717) is 41.9 Å². The van der Waals surface area contributed by atoms with Crippen molar-refractivity contribution in [2.75, 3.05) is 19.7 Å². The molecule has 1 aliphatic heterocycles. The highest BCUT2D eigenvalue weighted by atomic mass is 32.2. The maximum absolute atomic E-state index is 12.8. The molecule has 0 radical (unpaired) electrons. The van der Waals surface area contributed by atoms with E-state index in [9.17, 15) is 13.2 Å². The van der Waals surface area contributed by atoms with Crippen LogP contribution in [-0.4, -0.2) is 38.3 Å². The number of hydrogen-bond donors (Lipinski definition) is 1. The predicted octanol–water partition coefficient (Wildman–Crippen LogP) is 3.50. The Labute approximate surface area is 170 Å². The topological polar surface area (TPSA) is 75.7 Å². The number of benzene rings is 1. The minimum Gasteiger partial charge on any atom is -0.494 e. The van der Waals surface area contributed by atoms with E-state index < -0.39 is 10.0 Å². The van der Waals surface area contributed by atoms with E-state index in [0.717, 1.165) is 23.5 Å². The molecule has 152 valence electrons. The molecule has 1 aromatic carbocycles. The number of carbonyl (C=O) groups is 1. The normalized spacial score (nSPS) is 16.1. The standard InChI is InChI=1S/C20H26N2O4S2/c1-3-26-17-6-4-16(5-7-17)20(23)21-14-18-8-9-19(27-18)28(24,25)22-12-10-15(2)11-13-22/h4-9,15H,3,10-14H2,1-2H3,(H,21,23). The highest BCUT2D eigenvalue weighted by Gasteiger charge is 2.29. The van der Waals surface area contributed by atoms with Gasteiger partial charge in [-0.25, -0.2) is 8.42 Å². The van der Waals surface area contributed by atoms with Crippen LogP contribution in [0.25, 0.3) is 0 Å². The molecule has 3 rings (SSSR count). The Morgan fingerprint density at radius 2 is 1.86 bits per heavy atom. The van der Waals surface area contributed by atoms with Crippen molar-refractivity contribution in [3.63, 3.8) is 0 Å². The van der Waals surface area contributed by atoms with Crippen LogP contribution < -0.4 is 10.1 Å². The number of piperidine rings is 1. The lowest BCUT2D eigenvalue weighted by atomic mass is 10.0. The quantitative estimate of drug-likeness (QED) is 0.741. The van der Waals surface area contributed by atoms with E-state index in [1.807, 2.05) is 6.92 Å². The summed E-state index contributed by atoms with van der Waals surface area (Å²) in [5, 5.41) is 2.84. The van der Waals surface area contributed by atoms with Crippen LogP contribution in [0.15, 0.2) is 40.6 Å². The van der Waals surface area contributed by atoms with Crippen molar-refractivity contribution in [2.45, 2.75) is 37.4 Å². The van der Waals surface area contributed by atoms with Gasteiger partial charge in [-0.3, -0.25) is 4.79 Å². The molecule has 0 spiro atoms. The first-order valence-electron chi connectivity index (χ1n) is 9.50. The zero-order valence-corrected chi connectivity index (χ0v) is 17.8. The lowest BCUT2D eigenvalue weighted by Crippen LogP contribution is -2.37. The number of sulfonamides is 1. The fraction of sp³-hybridized carbons (Fsp3) is 0.450. The number of hydrogen-bond acceptors (Lipinski definition) is 5. The summed E-state index contributed by atoms with van der Waals surface area (Å²) in [4.78, 5) is 13.1. The Hall–Kier alpha value is -1.90. The summed E-state index contributed by atoms with van der Waals surface area (Å²) in [6.45, 7) is 6.08. The summed E-state index contributed by atoms with van der Waals surface area (Å²) in [5.74, 6) is 1.09. The van der Waals surface area contributed by atoms with Gasteiger partial charge < -0.3 is 10.1 Å². The molecule has 1 amide bonds. The van der Waals surface area contributed by atoms with Gasteiger partial charge in [0.05, 0.1) is 13.2 Å². The largest absolute Gasteiger partial charge is 0.494 e. The molecule has 1 aromatic heterocycles. The predicted molar refractivity (Wildman–Crippen MR) is 110 cm³/mol. The smallest absolute Gasteiger partial charge is 0.252 e. The Morgan fingerprint density at radius 1 is 1.18 bits per heavy atom. The van der Waals surface area contributed by atoms with Crippen LogP contribution in [0.1, 0.15) is 41.9 Å². The first-order valence-corrected chi connectivity index (χ1v) is 11.8. The average Bonchev–Trinajstić information content (AvgIpc) is 3.17. The summed E-state index contributed by atoms with van der Waals surface area (Å²) in [6.07, 6.45) is 1.80. The Kier molecular flexibility index (Phi) is 6.74. The number of ether oxygens (including phenoxy) is 1. The fourth-order valence-corrected chi connectivity index (χ4v) is 6.00. The zero-order valence-electron chi connectivity index (χ0n) is 16.2. The zero-order chi connectivity index (χ0) is 20.1. The maximum atomic E-state index is 12.8. The number of carbonyl (C=O) groups excluding carboxylic acids is 1. The fourth-order valence-electron chi connectivity index (χ4n) is 3.08. The van der Waals surface area contributed by atoms with Crippen LogP contribution in [0, 0.1) is 5.92 Å². The highest BCUT2D eigenvalue weighted by Crippen LogP contribution is 2.28. The van der Waals surface area contributed by atoms with E-state index >= 15 is 0 Å². The Bertz CT molecular complexity index is 899. The SMILES string of the molecule is CCOc1ccc(C(=O)NCc2ccc(S(=O)(=O)N3CCC(C)CC3)s2)cc1. The van der Waals surface area contributed by atoms with Crippen LogP contribution in [0.5, 0.6) is 5.75 Å². The third-order valence-electron chi connectivity index (χ3n) is 4.82. The molecular weight excluding hydrogens is 396 g/mol. The summed E-state index contributed by atoms with van der Waals surface area (Å²) < 4.78 is 32.9. The van der Waals surface area contributed by atoms with Crippen molar-refractivity contribution in [3.8, 4) is 5.75 Å². The number of rotatable bonds is 7. The van der Waals surface area contributed by atoms with Gasteiger partial charge in [0.1, 0.15) is 9.96 Å². The summed E-state index contributed by atoms with van der Waals surface area (Å²) in [6, 6.07) is 10.3. The minimum atomic E-state index is -3.44. The first kappa shape index (κ1) is 20.8. The number of amides is 1. The molecule has 0 aliphatic carbocycles. The van der Waals surface area contributed by atoms with Crippen molar-refractivity contribution in [3.05, 3.63) is 46.8 Å². The second-order valence-corrected chi connectivity index (χ2v) is 10.3. The van der Waals surface area contributed by atoms with E-state index in [-0.39, 0.29) is 5.91 Å². The van der Waals surface area contributed by atoms with E-state index in [4.69, 9.17) is 4.74 Å². The van der Waals surface area contributed by atoms with Gasteiger partial charge in [-0.15, -0.1) is 11.3 Å². The summed E-state index contributed by atoms with van der Waals surface area (Å²) >= 11 is 1.22. The monoisotopic (exact) mass is 422 g/mol. The Morgan fingerprint density at radius 3 is 2.50 bits per heavy atom. The van der Waals surface area contributed by atoms with Crippen molar-refractivity contribution >= 4 is 27.3 Å². The van der Waals surface area contributed by atoms with Crippen molar-refractivity contribution in [1.82, 2.24) is 9.62 Å². The van der Waals surface area contributed by atoms with Crippen molar-refractivity contribution in [2.24, 2.45) is 5.92 Å². The molecule has 0 saturated carbocycles. The number of nitrogens with one attached hydrogen (secondary N) is 1. The van der Waals surface area contributed by atoms with Crippen LogP contribution in [0.4, 0.5) is 0 Å². The van der Waals surface area contributed by atoms with Gasteiger partial charge in [0, 0.05) is 23.5 Å². The van der Waals surface area contributed by atoms with Gasteiger partial charge in [-0.1, -0.05) is 6.92 Å². The molecule has 2 aromatic rings. The molecule has 1 aliphatic rings. The molecule has 0 unspecified atom stereocenters. The van der Waals surface area contributed by atoms with E-state index in [1.165, 1.54) is 11.3 Å². The van der Waals surface area contributed by atoms with Crippen molar-refractivity contribution in [1.29, 1.82) is 0 Å². The molecule has 28 heavy (non-hydrogen) atoms. The van der Waals surface area contributed by atoms with Crippen LogP contribution in [0.3, 0.4) is 0 Å². The van der Waals surface area contributed by atoms with Crippen LogP contribution in [0.2, 0.25) is 0 Å². The average molecular weight is 423 g/mol. The van der Waals surface area contributed by atoms with Crippen LogP contribution in [-0.2, 0) is 16.6 Å². The van der Waals surface area contributed by atoms with Gasteiger partial charge >= 0.3 is 0 Å². The second-order valence-electron chi connectivity index (χ2n) is 6.95. The summed E-state index contributed by atoms with van der Waals surface area (Å²) in [5.41, 5.74) is 0.537. The van der Waals surface area contributed by atoms with E-state index in [2.05, 4.69) is 12.2 Å². The third-order valence-corrected chi connectivity index (χ3v) is 8.28. The molecule has 6 nitrogen and oxygen atoms in total. The van der Waals surface area contributed by atoms with Crippen LogP contribution >= 0.6 is 11.3 Å². The van der Waals surface area contributed by atoms with Gasteiger partial charge in [-0.05, 0) is 62.1 Å². The number of nitrogens with zero attached hydrogens (tertiary/aromatic N) is 1. The first-order chi connectivity index (χ1) is 13.4. The Balaban J connectivity index is 1.59. The molecule has 0 bridgehead atoms. The molecule has 8 heteroatoms. The molecule has 1 saturated heterocycles. The highest BCUT2D eigenvalue weighted by molar-refractivity contribution is 7.91. The van der Waals surface area contributed by atoms with Gasteiger partial charge in [-0.2, -0.15) is 4.31 Å². The third kappa shape index (κ3) is 4.92. The van der Waals surface area contributed by atoms with Gasteiger partial charge in [0.15, 0.2) is 0 Å². The lowest BCUT2D eigenvalue weighted by Gasteiger charge is -2.28. The molecule has 1 fully saturated rings. The number of thiophene rings is 1. The molecular formula is C20H26N2O4S2. The van der Waals surface area contributed by atoms with Crippen molar-refractivity contribution < 1.29 is 17.9 Å². The molecule has 1 N–H and O–H groups in total.